The fourth-order valence-electron chi connectivity index (χ4n) is 6.06. The predicted molar refractivity (Wildman–Crippen MR) is 164 cm³/mol. The number of rotatable bonds is 10. The zero-order valence-electron chi connectivity index (χ0n) is 25.3. The Labute approximate surface area is 259 Å². The molecule has 1 aromatic carbocycles. The van der Waals surface area contributed by atoms with Gasteiger partial charge in [-0.1, -0.05) is 6.92 Å². The number of carbonyl (C=O) groups is 1. The molecule has 0 bridgehead atoms. The number of amides is 1. The Morgan fingerprint density at radius 2 is 2.00 bits per heavy atom. The molecule has 1 amide bonds. The summed E-state index contributed by atoms with van der Waals surface area (Å²) in [5, 5.41) is 20.2. The summed E-state index contributed by atoms with van der Waals surface area (Å²) in [6.45, 7) is 4.69. The highest BCUT2D eigenvalue weighted by Gasteiger charge is 2.36. The van der Waals surface area contributed by atoms with Gasteiger partial charge in [0, 0.05) is 31.5 Å². The molecule has 13 heteroatoms. The van der Waals surface area contributed by atoms with E-state index in [1.54, 1.807) is 24.7 Å². The number of nitrogens with two attached hydrogens (primary N) is 1. The molecule has 5 rings (SSSR count). The van der Waals surface area contributed by atoms with Gasteiger partial charge in [-0.3, -0.25) is 4.98 Å². The SMILES string of the molecule is CCOCCC(C#N)c1cc(F)c(-c2ccc3cnc(Nc4cnccc4C4CC(C)C(NC(=O)OC)C(N)C4)n3n2)c(F)c1. The molecule has 3 heterocycles. The van der Waals surface area contributed by atoms with Crippen molar-refractivity contribution in [2.45, 2.75) is 57.0 Å². The number of pyridine rings is 1. The van der Waals surface area contributed by atoms with Gasteiger partial charge in [0.2, 0.25) is 5.95 Å². The van der Waals surface area contributed by atoms with Crippen LogP contribution in [0.5, 0.6) is 0 Å². The summed E-state index contributed by atoms with van der Waals surface area (Å²) in [6, 6.07) is 9.07. The minimum Gasteiger partial charge on any atom is -0.453 e. The first-order valence-electron chi connectivity index (χ1n) is 14.9. The van der Waals surface area contributed by atoms with E-state index in [0.29, 0.717) is 43.2 Å². The number of imidazole rings is 1. The Kier molecular flexibility index (Phi) is 9.85. The van der Waals surface area contributed by atoms with Gasteiger partial charge in [-0.25, -0.2) is 18.6 Å². The van der Waals surface area contributed by atoms with Crippen LogP contribution in [0.4, 0.5) is 25.2 Å². The molecule has 1 saturated carbocycles. The van der Waals surface area contributed by atoms with Crippen molar-refractivity contribution in [3.8, 4) is 17.3 Å². The first-order chi connectivity index (χ1) is 21.7. The number of fused-ring (bicyclic) bond motifs is 1. The lowest BCUT2D eigenvalue weighted by Crippen LogP contribution is -2.54. The van der Waals surface area contributed by atoms with E-state index in [4.69, 9.17) is 15.2 Å². The number of ether oxygens (including phenoxy) is 2. The first kappa shape index (κ1) is 31.7. The average molecular weight is 619 g/mol. The maximum absolute atomic E-state index is 15.4. The zero-order chi connectivity index (χ0) is 32.1. The van der Waals surface area contributed by atoms with E-state index >= 15 is 8.78 Å². The van der Waals surface area contributed by atoms with Crippen LogP contribution in [0.15, 0.2) is 48.9 Å². The number of anilines is 2. The molecule has 1 aliphatic rings. The normalized spacial score (nSPS) is 20.4. The molecule has 1 aliphatic carbocycles. The topological polar surface area (TPSA) is 152 Å². The highest BCUT2D eigenvalue weighted by molar-refractivity contribution is 5.68. The summed E-state index contributed by atoms with van der Waals surface area (Å²) in [5.41, 5.74) is 8.78. The van der Waals surface area contributed by atoms with Crippen molar-refractivity contribution in [1.82, 2.24) is 24.9 Å². The molecule has 45 heavy (non-hydrogen) atoms. The van der Waals surface area contributed by atoms with Gasteiger partial charge in [-0.2, -0.15) is 14.9 Å². The largest absolute Gasteiger partial charge is 0.453 e. The highest BCUT2D eigenvalue weighted by Crippen LogP contribution is 2.39. The van der Waals surface area contributed by atoms with Gasteiger partial charge in [-0.15, -0.1) is 0 Å². The second kappa shape index (κ2) is 14.0. The fourth-order valence-corrected chi connectivity index (χ4v) is 6.06. The van der Waals surface area contributed by atoms with Gasteiger partial charge >= 0.3 is 6.09 Å². The summed E-state index contributed by atoms with van der Waals surface area (Å²) in [6.07, 6.45) is 6.19. The van der Waals surface area contributed by atoms with Gasteiger partial charge < -0.3 is 25.8 Å². The molecular formula is C32H36F2N8O3. The number of hydrogen-bond acceptors (Lipinski definition) is 9. The van der Waals surface area contributed by atoms with E-state index < -0.39 is 23.6 Å². The number of hydrogen-bond donors (Lipinski definition) is 3. The van der Waals surface area contributed by atoms with Crippen LogP contribution in [0, 0.1) is 28.9 Å². The molecule has 5 unspecified atom stereocenters. The van der Waals surface area contributed by atoms with Crippen molar-refractivity contribution in [2.75, 3.05) is 25.6 Å². The number of nitriles is 1. The van der Waals surface area contributed by atoms with Gasteiger partial charge in [0.15, 0.2) is 0 Å². The molecule has 0 spiro atoms. The third kappa shape index (κ3) is 6.87. The highest BCUT2D eigenvalue weighted by atomic mass is 19.1. The van der Waals surface area contributed by atoms with E-state index in [2.05, 4.69) is 31.8 Å². The van der Waals surface area contributed by atoms with Crippen LogP contribution < -0.4 is 16.4 Å². The van der Waals surface area contributed by atoms with Crippen molar-refractivity contribution in [2.24, 2.45) is 11.7 Å². The maximum atomic E-state index is 15.4. The van der Waals surface area contributed by atoms with Crippen molar-refractivity contribution in [3.63, 3.8) is 0 Å². The van der Waals surface area contributed by atoms with Crippen LogP contribution in [0.1, 0.15) is 56.1 Å². The van der Waals surface area contributed by atoms with Crippen LogP contribution in [-0.2, 0) is 9.47 Å². The molecule has 1 fully saturated rings. The van der Waals surface area contributed by atoms with Crippen LogP contribution >= 0.6 is 0 Å². The third-order valence-corrected chi connectivity index (χ3v) is 8.32. The fraction of sp³-hybridized carbons (Fsp3) is 0.406. The molecule has 5 atom stereocenters. The predicted octanol–water partition coefficient (Wildman–Crippen LogP) is 5.41. The van der Waals surface area contributed by atoms with E-state index in [0.717, 1.165) is 12.0 Å². The molecular weight excluding hydrogens is 582 g/mol. The number of alkyl carbamates (subject to hydrolysis) is 1. The number of methoxy groups -OCH3 is 1. The summed E-state index contributed by atoms with van der Waals surface area (Å²) in [7, 11) is 1.32. The summed E-state index contributed by atoms with van der Waals surface area (Å²) >= 11 is 0. The smallest absolute Gasteiger partial charge is 0.407 e. The van der Waals surface area contributed by atoms with Crippen LogP contribution in [0.25, 0.3) is 16.8 Å². The molecule has 3 aromatic heterocycles. The van der Waals surface area contributed by atoms with Crippen molar-refractivity contribution < 1.29 is 23.0 Å². The Morgan fingerprint density at radius 1 is 1.22 bits per heavy atom. The maximum Gasteiger partial charge on any atom is 0.407 e. The lowest BCUT2D eigenvalue weighted by Gasteiger charge is -2.39. The Bertz CT molecular complexity index is 1670. The number of nitrogens with zero attached hydrogens (tertiary/aromatic N) is 5. The van der Waals surface area contributed by atoms with Crippen molar-refractivity contribution in [3.05, 3.63) is 71.7 Å². The van der Waals surface area contributed by atoms with E-state index in [1.165, 1.54) is 29.8 Å². The van der Waals surface area contributed by atoms with E-state index in [9.17, 15) is 10.1 Å². The van der Waals surface area contributed by atoms with E-state index in [1.807, 2.05) is 19.9 Å². The molecule has 11 nitrogen and oxygen atoms in total. The Morgan fingerprint density at radius 3 is 2.69 bits per heavy atom. The number of aromatic nitrogens is 4. The Hall–Kier alpha value is -4.67. The van der Waals surface area contributed by atoms with Gasteiger partial charge in [0.25, 0.3) is 0 Å². The van der Waals surface area contributed by atoms with Crippen LogP contribution in [-0.4, -0.2) is 58.1 Å². The van der Waals surface area contributed by atoms with Crippen LogP contribution in [0.2, 0.25) is 0 Å². The lowest BCUT2D eigenvalue weighted by atomic mass is 9.73. The van der Waals surface area contributed by atoms with Crippen molar-refractivity contribution in [1.29, 1.82) is 5.26 Å². The molecule has 0 aliphatic heterocycles. The van der Waals surface area contributed by atoms with Crippen molar-refractivity contribution >= 4 is 23.2 Å². The first-order valence-corrected chi connectivity index (χ1v) is 14.9. The summed E-state index contributed by atoms with van der Waals surface area (Å²) in [5.74, 6) is -1.86. The average Bonchev–Trinajstić information content (AvgIpc) is 3.42. The quantitative estimate of drug-likeness (QED) is 0.198. The number of benzene rings is 1. The minimum absolute atomic E-state index is 0.0653. The number of nitrogens with one attached hydrogen (secondary N) is 2. The monoisotopic (exact) mass is 618 g/mol. The van der Waals surface area contributed by atoms with Gasteiger partial charge in [0.1, 0.15) is 11.6 Å². The van der Waals surface area contributed by atoms with Gasteiger partial charge in [0.05, 0.1) is 54.0 Å². The summed E-state index contributed by atoms with van der Waals surface area (Å²) in [4.78, 5) is 20.6. The number of carbonyl (C=O) groups excluding carboxylic acids is 1. The van der Waals surface area contributed by atoms with E-state index in [-0.39, 0.29) is 40.7 Å². The molecule has 236 valence electrons. The standard InChI is InChI=1S/C32H36F2N8O3/c1-4-45-10-8-19(15-35)20-12-24(33)29(25(34)13-20)27-6-5-22-16-38-31(42(22)41-27)39-28-17-37-9-7-23(28)21-11-18(2)30(26(36)14-21)40-32(43)44-3/h5-7,9,12-13,16-19,21,26,30H,4,8,10-11,14,36H2,1-3H3,(H,38,39)(H,40,43). The molecule has 0 saturated heterocycles. The van der Waals surface area contributed by atoms with Crippen LogP contribution in [0.3, 0.4) is 0 Å². The second-order valence-electron chi connectivity index (χ2n) is 11.2. The minimum atomic E-state index is -0.819. The third-order valence-electron chi connectivity index (χ3n) is 8.32. The number of halogens is 2. The zero-order valence-corrected chi connectivity index (χ0v) is 25.3. The Balaban J connectivity index is 1.41. The molecule has 4 aromatic rings. The summed E-state index contributed by atoms with van der Waals surface area (Å²) < 4.78 is 42.3. The lowest BCUT2D eigenvalue weighted by molar-refractivity contribution is 0.143. The molecule has 0 radical (unpaired) electrons. The second-order valence-corrected chi connectivity index (χ2v) is 11.2. The molecule has 4 N–H and O–H groups in total. The van der Waals surface area contributed by atoms with Gasteiger partial charge in [-0.05, 0) is 79.5 Å².